The number of anilines is 1. The third-order valence-electron chi connectivity index (χ3n) is 3.64. The lowest BCUT2D eigenvalue weighted by Crippen LogP contribution is -2.32. The van der Waals surface area contributed by atoms with Crippen molar-refractivity contribution in [2.75, 3.05) is 18.4 Å². The Kier molecular flexibility index (Phi) is 4.49. The smallest absolute Gasteiger partial charge is 0.277 e. The van der Waals surface area contributed by atoms with E-state index in [9.17, 15) is 4.79 Å². The summed E-state index contributed by atoms with van der Waals surface area (Å²) in [5.41, 5.74) is 0.409. The minimum Gasteiger partial charge on any atom is -0.315 e. The molecule has 22 heavy (non-hydrogen) atoms. The summed E-state index contributed by atoms with van der Waals surface area (Å²) >= 11 is 1.40. The Morgan fingerprint density at radius 1 is 1.50 bits per heavy atom. The van der Waals surface area contributed by atoms with Gasteiger partial charge in [0.05, 0.1) is 6.04 Å². The van der Waals surface area contributed by atoms with E-state index in [-0.39, 0.29) is 5.91 Å². The van der Waals surface area contributed by atoms with Gasteiger partial charge in [0, 0.05) is 18.7 Å². The van der Waals surface area contributed by atoms with E-state index in [1.54, 1.807) is 6.07 Å². The number of rotatable bonds is 4. The van der Waals surface area contributed by atoms with Crippen LogP contribution in [-0.2, 0) is 0 Å². The molecule has 0 saturated carbocycles. The highest BCUT2D eigenvalue weighted by Gasteiger charge is 2.18. The molecule has 3 heterocycles. The van der Waals surface area contributed by atoms with Crippen LogP contribution in [0.15, 0.2) is 12.3 Å². The molecule has 0 radical (unpaired) electrons. The second kappa shape index (κ2) is 6.53. The first-order valence-corrected chi connectivity index (χ1v) is 8.36. The van der Waals surface area contributed by atoms with E-state index in [0.717, 1.165) is 30.9 Å². The molecule has 2 N–H and O–H groups in total. The molecule has 118 valence electrons. The number of carbonyl (C=O) groups excluding carboxylic acids is 1. The lowest BCUT2D eigenvalue weighted by molar-refractivity contribution is 0.102. The van der Waals surface area contributed by atoms with Gasteiger partial charge < -0.3 is 5.32 Å². The maximum atomic E-state index is 12.2. The van der Waals surface area contributed by atoms with Gasteiger partial charge >= 0.3 is 0 Å². The summed E-state index contributed by atoms with van der Waals surface area (Å²) in [4.78, 5) is 12.2. The molecule has 0 aromatic carbocycles. The van der Waals surface area contributed by atoms with E-state index in [0.29, 0.717) is 22.8 Å². The molecule has 0 bridgehead atoms. The first kappa shape index (κ1) is 15.1. The minimum absolute atomic E-state index is 0.242. The molecule has 1 atom stereocenters. The minimum atomic E-state index is -0.242. The van der Waals surface area contributed by atoms with Gasteiger partial charge in [-0.05, 0) is 25.5 Å². The fraction of sp³-hybridized carbons (Fsp3) is 0.571. The Balaban J connectivity index is 1.65. The van der Waals surface area contributed by atoms with Crippen molar-refractivity contribution in [1.82, 2.24) is 25.3 Å². The van der Waals surface area contributed by atoms with E-state index in [2.05, 4.69) is 25.9 Å². The van der Waals surface area contributed by atoms with Crippen LogP contribution in [0.3, 0.4) is 0 Å². The first-order valence-electron chi connectivity index (χ1n) is 7.54. The highest BCUT2D eigenvalue weighted by Crippen LogP contribution is 2.23. The predicted octanol–water partition coefficient (Wildman–Crippen LogP) is 2.03. The molecule has 3 rings (SSSR count). The van der Waals surface area contributed by atoms with Crippen LogP contribution in [0.2, 0.25) is 0 Å². The van der Waals surface area contributed by atoms with Crippen LogP contribution in [0, 0.1) is 0 Å². The van der Waals surface area contributed by atoms with Crippen LogP contribution in [0.25, 0.3) is 0 Å². The van der Waals surface area contributed by atoms with Crippen molar-refractivity contribution < 1.29 is 4.79 Å². The van der Waals surface area contributed by atoms with Crippen LogP contribution in [0.4, 0.5) is 5.13 Å². The zero-order valence-corrected chi connectivity index (χ0v) is 13.6. The summed E-state index contributed by atoms with van der Waals surface area (Å²) < 4.78 is 1.88. The van der Waals surface area contributed by atoms with E-state index < -0.39 is 0 Å². The maximum absolute atomic E-state index is 12.2. The van der Waals surface area contributed by atoms with Crippen molar-refractivity contribution in [2.24, 2.45) is 0 Å². The normalized spacial score (nSPS) is 18.6. The standard InChI is InChI=1S/C14H20N6OS/c1-9(2)13-17-18-14(22-13)16-12(21)11-5-7-20(19-11)10-4-3-6-15-8-10/h5,7,9-10,15H,3-4,6,8H2,1-2H3,(H,16,18,21). The van der Waals surface area contributed by atoms with Gasteiger partial charge in [0.15, 0.2) is 5.69 Å². The molecule has 1 fully saturated rings. The fourth-order valence-electron chi connectivity index (χ4n) is 2.40. The molecule has 0 aliphatic carbocycles. The van der Waals surface area contributed by atoms with Gasteiger partial charge in [0.1, 0.15) is 5.01 Å². The van der Waals surface area contributed by atoms with Crippen molar-refractivity contribution in [1.29, 1.82) is 0 Å². The summed E-state index contributed by atoms with van der Waals surface area (Å²) in [5.74, 6) is 0.0649. The summed E-state index contributed by atoms with van der Waals surface area (Å²) in [6, 6.07) is 2.07. The van der Waals surface area contributed by atoms with Gasteiger partial charge in [-0.15, -0.1) is 10.2 Å². The van der Waals surface area contributed by atoms with Crippen molar-refractivity contribution in [3.05, 3.63) is 23.0 Å². The first-order chi connectivity index (χ1) is 10.6. The van der Waals surface area contributed by atoms with Crippen molar-refractivity contribution in [2.45, 2.75) is 38.6 Å². The van der Waals surface area contributed by atoms with E-state index in [1.165, 1.54) is 11.3 Å². The average Bonchev–Trinajstić information content (AvgIpc) is 3.17. The van der Waals surface area contributed by atoms with Crippen LogP contribution >= 0.6 is 11.3 Å². The predicted molar refractivity (Wildman–Crippen MR) is 85.3 cm³/mol. The summed E-state index contributed by atoms with van der Waals surface area (Å²) in [6.45, 7) is 6.05. The van der Waals surface area contributed by atoms with Crippen molar-refractivity contribution >= 4 is 22.4 Å². The second-order valence-electron chi connectivity index (χ2n) is 5.74. The number of nitrogens with zero attached hydrogens (tertiary/aromatic N) is 4. The molecular weight excluding hydrogens is 300 g/mol. The SMILES string of the molecule is CC(C)c1nnc(NC(=O)c2ccn(C3CCCNC3)n2)s1. The highest BCUT2D eigenvalue weighted by molar-refractivity contribution is 7.15. The molecule has 2 aromatic rings. The largest absolute Gasteiger partial charge is 0.315 e. The van der Waals surface area contributed by atoms with Gasteiger partial charge in [-0.3, -0.25) is 14.8 Å². The lowest BCUT2D eigenvalue weighted by atomic mass is 10.1. The fourth-order valence-corrected chi connectivity index (χ4v) is 3.14. The molecular formula is C14H20N6OS. The maximum Gasteiger partial charge on any atom is 0.277 e. The number of piperidine rings is 1. The Bertz CT molecular complexity index is 643. The molecule has 1 amide bonds. The molecule has 2 aromatic heterocycles. The van der Waals surface area contributed by atoms with E-state index in [4.69, 9.17) is 0 Å². The third-order valence-corrected chi connectivity index (χ3v) is 4.78. The summed E-state index contributed by atoms with van der Waals surface area (Å²) in [7, 11) is 0. The van der Waals surface area contributed by atoms with Crippen LogP contribution < -0.4 is 10.6 Å². The number of aromatic nitrogens is 4. The molecule has 8 heteroatoms. The lowest BCUT2D eigenvalue weighted by Gasteiger charge is -2.22. The van der Waals surface area contributed by atoms with Crippen LogP contribution in [0.5, 0.6) is 0 Å². The summed E-state index contributed by atoms with van der Waals surface area (Å²) in [6.07, 6.45) is 4.09. The van der Waals surface area contributed by atoms with Crippen LogP contribution in [0.1, 0.15) is 54.1 Å². The monoisotopic (exact) mass is 320 g/mol. The van der Waals surface area contributed by atoms with Crippen LogP contribution in [-0.4, -0.2) is 39.0 Å². The number of hydrogen-bond donors (Lipinski definition) is 2. The number of hydrogen-bond acceptors (Lipinski definition) is 6. The van der Waals surface area contributed by atoms with Crippen molar-refractivity contribution in [3.63, 3.8) is 0 Å². The van der Waals surface area contributed by atoms with Gasteiger partial charge in [-0.1, -0.05) is 25.2 Å². The Morgan fingerprint density at radius 3 is 3.05 bits per heavy atom. The third kappa shape index (κ3) is 3.33. The average molecular weight is 320 g/mol. The zero-order chi connectivity index (χ0) is 15.5. The van der Waals surface area contributed by atoms with E-state index in [1.807, 2.05) is 24.7 Å². The van der Waals surface area contributed by atoms with Gasteiger partial charge in [0.2, 0.25) is 5.13 Å². The van der Waals surface area contributed by atoms with Gasteiger partial charge in [0.25, 0.3) is 5.91 Å². The number of carbonyl (C=O) groups is 1. The molecule has 1 unspecified atom stereocenters. The van der Waals surface area contributed by atoms with E-state index >= 15 is 0 Å². The topological polar surface area (TPSA) is 84.7 Å². The molecule has 0 spiro atoms. The van der Waals surface area contributed by atoms with Crippen molar-refractivity contribution in [3.8, 4) is 0 Å². The molecule has 7 nitrogen and oxygen atoms in total. The molecule has 1 saturated heterocycles. The second-order valence-corrected chi connectivity index (χ2v) is 6.74. The van der Waals surface area contributed by atoms with Gasteiger partial charge in [-0.25, -0.2) is 0 Å². The molecule has 1 aliphatic rings. The Labute approximate surface area is 133 Å². The number of nitrogens with one attached hydrogen (secondary N) is 2. The van der Waals surface area contributed by atoms with Gasteiger partial charge in [-0.2, -0.15) is 5.10 Å². The quantitative estimate of drug-likeness (QED) is 0.900. The zero-order valence-electron chi connectivity index (χ0n) is 12.7. The number of amides is 1. The highest BCUT2D eigenvalue weighted by atomic mass is 32.1. The molecule has 1 aliphatic heterocycles. The Morgan fingerprint density at radius 2 is 2.36 bits per heavy atom. The Hall–Kier alpha value is -1.80. The summed E-state index contributed by atoms with van der Waals surface area (Å²) in [5, 5.41) is 20.0.